The van der Waals surface area contributed by atoms with Gasteiger partial charge in [0.2, 0.25) is 0 Å². The number of hydrogen-bond acceptors (Lipinski definition) is 6. The minimum absolute atomic E-state index is 0.0465. The summed E-state index contributed by atoms with van der Waals surface area (Å²) in [5, 5.41) is 19.3. The number of hydrogen-bond donors (Lipinski definition) is 1. The Kier molecular flexibility index (Phi) is 4.25. The van der Waals surface area contributed by atoms with Gasteiger partial charge in [0.1, 0.15) is 4.21 Å². The summed E-state index contributed by atoms with van der Waals surface area (Å²) in [5.41, 5.74) is -0.0522. The zero-order valence-corrected chi connectivity index (χ0v) is 9.56. The first-order chi connectivity index (χ1) is 7.06. The Morgan fingerprint density at radius 2 is 2.40 bits per heavy atom. The third-order valence-corrected chi connectivity index (χ3v) is 4.03. The van der Waals surface area contributed by atoms with Gasteiger partial charge >= 0.3 is 0 Å². The zero-order valence-electron chi connectivity index (χ0n) is 7.93. The van der Waals surface area contributed by atoms with Crippen LogP contribution in [0.15, 0.2) is 10.3 Å². The van der Waals surface area contributed by atoms with Crippen molar-refractivity contribution in [3.63, 3.8) is 0 Å². The van der Waals surface area contributed by atoms with Crippen molar-refractivity contribution in [2.24, 2.45) is 0 Å². The van der Waals surface area contributed by atoms with Gasteiger partial charge in [-0.3, -0.25) is 14.9 Å². The number of aliphatic hydroxyl groups is 1. The van der Waals surface area contributed by atoms with Crippen molar-refractivity contribution in [3.8, 4) is 0 Å². The van der Waals surface area contributed by atoms with Crippen molar-refractivity contribution in [2.45, 2.75) is 11.1 Å². The summed E-state index contributed by atoms with van der Waals surface area (Å²) in [6, 6.07) is 1.28. The number of rotatable bonds is 5. The van der Waals surface area contributed by atoms with Gasteiger partial charge in [0.25, 0.3) is 5.69 Å². The van der Waals surface area contributed by atoms with Crippen LogP contribution < -0.4 is 0 Å². The van der Waals surface area contributed by atoms with Crippen LogP contribution in [0.25, 0.3) is 0 Å². The van der Waals surface area contributed by atoms with Crippen molar-refractivity contribution in [1.82, 2.24) is 0 Å². The summed E-state index contributed by atoms with van der Waals surface area (Å²) in [6.45, 7) is 1.32. The highest BCUT2D eigenvalue weighted by Gasteiger charge is 2.20. The molecule has 5 nitrogen and oxygen atoms in total. The molecular weight excluding hydrogens is 238 g/mol. The van der Waals surface area contributed by atoms with Crippen molar-refractivity contribution in [1.29, 1.82) is 0 Å². The Bertz CT molecular complexity index is 388. The topological polar surface area (TPSA) is 80.4 Å². The second-order valence-electron chi connectivity index (χ2n) is 2.67. The normalized spacial score (nSPS) is 10.3. The van der Waals surface area contributed by atoms with Crippen LogP contribution in [0.4, 0.5) is 5.69 Å². The molecule has 1 heterocycles. The first-order valence-electron chi connectivity index (χ1n) is 4.09. The van der Waals surface area contributed by atoms with Gasteiger partial charge in [-0.1, -0.05) is 0 Å². The number of carbonyl (C=O) groups is 1. The lowest BCUT2D eigenvalue weighted by Crippen LogP contribution is -1.89. The largest absolute Gasteiger partial charge is 0.396 e. The standard InChI is InChI=1S/C8H9NO4S2/c1-5(11)7-4-6(9(12)13)8(15-7)14-3-2-10/h4,10H,2-3H2,1H3. The summed E-state index contributed by atoms with van der Waals surface area (Å²) in [4.78, 5) is 21.5. The van der Waals surface area contributed by atoms with E-state index >= 15 is 0 Å². The average molecular weight is 247 g/mol. The second kappa shape index (κ2) is 5.24. The maximum atomic E-state index is 11.0. The minimum atomic E-state index is -0.511. The Balaban J connectivity index is 3.00. The molecule has 0 spiro atoms. The van der Waals surface area contributed by atoms with E-state index in [1.807, 2.05) is 0 Å². The number of nitrogens with zero attached hydrogens (tertiary/aromatic N) is 1. The highest BCUT2D eigenvalue weighted by Crippen LogP contribution is 2.37. The molecule has 0 saturated heterocycles. The summed E-state index contributed by atoms with van der Waals surface area (Å²) < 4.78 is 0.472. The molecular formula is C8H9NO4S2. The SMILES string of the molecule is CC(=O)c1cc([N+](=O)[O-])c(SCCO)s1. The van der Waals surface area contributed by atoms with E-state index in [0.717, 1.165) is 11.3 Å². The average Bonchev–Trinajstić information content (AvgIpc) is 2.58. The number of carbonyl (C=O) groups excluding carboxylic acids is 1. The first kappa shape index (κ1) is 12.2. The molecule has 1 N–H and O–H groups in total. The van der Waals surface area contributed by atoms with Gasteiger partial charge in [-0.15, -0.1) is 23.1 Å². The van der Waals surface area contributed by atoms with Crippen LogP contribution in [0.2, 0.25) is 0 Å². The Labute approximate surface area is 94.3 Å². The number of thioether (sulfide) groups is 1. The molecule has 0 radical (unpaired) electrons. The van der Waals surface area contributed by atoms with Crippen molar-refractivity contribution in [2.75, 3.05) is 12.4 Å². The monoisotopic (exact) mass is 247 g/mol. The lowest BCUT2D eigenvalue weighted by molar-refractivity contribution is -0.387. The Hall–Kier alpha value is -0.920. The van der Waals surface area contributed by atoms with Crippen LogP contribution in [-0.2, 0) is 0 Å². The molecule has 0 saturated carbocycles. The molecule has 0 aromatic carbocycles. The van der Waals surface area contributed by atoms with E-state index < -0.39 is 4.92 Å². The van der Waals surface area contributed by atoms with Crippen LogP contribution in [0.1, 0.15) is 16.6 Å². The van der Waals surface area contributed by atoms with Crippen LogP contribution in [0, 0.1) is 10.1 Å². The quantitative estimate of drug-likeness (QED) is 0.372. The summed E-state index contributed by atoms with van der Waals surface area (Å²) in [6.07, 6.45) is 0. The van der Waals surface area contributed by atoms with Gasteiger partial charge in [0, 0.05) is 11.8 Å². The molecule has 0 aliphatic carbocycles. The third-order valence-electron chi connectivity index (χ3n) is 1.55. The van der Waals surface area contributed by atoms with Crippen LogP contribution >= 0.6 is 23.1 Å². The first-order valence-corrected chi connectivity index (χ1v) is 5.89. The van der Waals surface area contributed by atoms with E-state index in [1.165, 1.54) is 24.8 Å². The number of Topliss-reactive ketones (excluding diaryl/α,β-unsaturated/α-hetero) is 1. The lowest BCUT2D eigenvalue weighted by Gasteiger charge is -1.93. The van der Waals surface area contributed by atoms with E-state index in [9.17, 15) is 14.9 Å². The lowest BCUT2D eigenvalue weighted by atomic mass is 10.3. The van der Waals surface area contributed by atoms with Crippen LogP contribution in [-0.4, -0.2) is 28.2 Å². The van der Waals surface area contributed by atoms with Gasteiger partial charge in [0.05, 0.1) is 16.4 Å². The van der Waals surface area contributed by atoms with Crippen molar-refractivity contribution in [3.05, 3.63) is 21.1 Å². The highest BCUT2D eigenvalue weighted by molar-refractivity contribution is 8.01. The fourth-order valence-corrected chi connectivity index (χ4v) is 2.97. The molecule has 82 valence electrons. The van der Waals surface area contributed by atoms with E-state index in [2.05, 4.69) is 0 Å². The molecule has 1 aromatic heterocycles. The summed E-state index contributed by atoms with van der Waals surface area (Å²) in [7, 11) is 0. The van der Waals surface area contributed by atoms with Crippen molar-refractivity contribution < 1.29 is 14.8 Å². The zero-order chi connectivity index (χ0) is 11.4. The van der Waals surface area contributed by atoms with Crippen LogP contribution in [0.3, 0.4) is 0 Å². The van der Waals surface area contributed by atoms with E-state index in [1.54, 1.807) is 0 Å². The third kappa shape index (κ3) is 3.01. The minimum Gasteiger partial charge on any atom is -0.396 e. The number of nitro groups is 1. The molecule has 0 fully saturated rings. The number of aliphatic hydroxyl groups excluding tert-OH is 1. The summed E-state index contributed by atoms with van der Waals surface area (Å²) >= 11 is 2.28. The Morgan fingerprint density at radius 1 is 1.73 bits per heavy atom. The van der Waals surface area contributed by atoms with E-state index in [-0.39, 0.29) is 18.1 Å². The molecule has 0 bridgehead atoms. The van der Waals surface area contributed by atoms with Gasteiger partial charge < -0.3 is 5.11 Å². The Morgan fingerprint density at radius 3 is 2.87 bits per heavy atom. The molecule has 7 heteroatoms. The second-order valence-corrected chi connectivity index (χ2v) is 5.08. The molecule has 0 unspecified atom stereocenters. The molecule has 0 aliphatic rings. The van der Waals surface area contributed by atoms with Gasteiger partial charge in [-0.05, 0) is 6.92 Å². The number of ketones is 1. The predicted molar refractivity (Wildman–Crippen MR) is 58.8 cm³/mol. The molecule has 0 aliphatic heterocycles. The molecule has 0 atom stereocenters. The molecule has 0 amide bonds. The molecule has 1 rings (SSSR count). The fourth-order valence-electron chi connectivity index (χ4n) is 0.907. The maximum Gasteiger partial charge on any atom is 0.294 e. The molecule has 1 aromatic rings. The smallest absolute Gasteiger partial charge is 0.294 e. The number of thiophene rings is 1. The highest BCUT2D eigenvalue weighted by atomic mass is 32.2. The predicted octanol–water partition coefficient (Wildman–Crippen LogP) is 1.94. The summed E-state index contributed by atoms with van der Waals surface area (Å²) in [5.74, 6) is 0.206. The van der Waals surface area contributed by atoms with Gasteiger partial charge in [0.15, 0.2) is 5.78 Å². The van der Waals surface area contributed by atoms with E-state index in [4.69, 9.17) is 5.11 Å². The van der Waals surface area contributed by atoms with Crippen LogP contribution in [0.5, 0.6) is 0 Å². The maximum absolute atomic E-state index is 11.0. The fraction of sp³-hybridized carbons (Fsp3) is 0.375. The van der Waals surface area contributed by atoms with E-state index in [0.29, 0.717) is 14.8 Å². The van der Waals surface area contributed by atoms with Crippen molar-refractivity contribution >= 4 is 34.6 Å². The van der Waals surface area contributed by atoms with Gasteiger partial charge in [-0.25, -0.2) is 0 Å². The molecule has 15 heavy (non-hydrogen) atoms. The van der Waals surface area contributed by atoms with Gasteiger partial charge in [-0.2, -0.15) is 0 Å².